The van der Waals surface area contributed by atoms with Gasteiger partial charge in [-0.3, -0.25) is 0 Å². The van der Waals surface area contributed by atoms with Crippen molar-refractivity contribution >= 4 is 5.69 Å². The highest BCUT2D eigenvalue weighted by Crippen LogP contribution is 2.18. The van der Waals surface area contributed by atoms with Gasteiger partial charge in [-0.1, -0.05) is 12.1 Å². The highest BCUT2D eigenvalue weighted by molar-refractivity contribution is 5.60. The van der Waals surface area contributed by atoms with Gasteiger partial charge in [-0.15, -0.1) is 0 Å². The van der Waals surface area contributed by atoms with Gasteiger partial charge in [-0.25, -0.2) is 0 Å². The fraction of sp³-hybridized carbons (Fsp3) is 0.500. The largest absolute Gasteiger partial charge is 0.389 e. The van der Waals surface area contributed by atoms with E-state index >= 15 is 0 Å². The molecule has 98 valence electrons. The molecule has 2 N–H and O–H groups in total. The summed E-state index contributed by atoms with van der Waals surface area (Å²) in [6.07, 6.45) is -0.479. The number of nitriles is 1. The number of aryl methyl sites for hydroxylation is 1. The summed E-state index contributed by atoms with van der Waals surface area (Å²) in [6.45, 7) is 6.40. The molecule has 0 bridgehead atoms. The normalized spacial score (nSPS) is 12.2. The van der Waals surface area contributed by atoms with Gasteiger partial charge in [0.05, 0.1) is 30.1 Å². The zero-order valence-electron chi connectivity index (χ0n) is 11.1. The third-order valence-corrected chi connectivity index (χ3v) is 2.53. The van der Waals surface area contributed by atoms with Crippen molar-refractivity contribution < 1.29 is 9.84 Å². The minimum atomic E-state index is -0.584. The second-order valence-corrected chi connectivity index (χ2v) is 4.53. The molecule has 18 heavy (non-hydrogen) atoms. The molecule has 1 aromatic carbocycles. The summed E-state index contributed by atoms with van der Waals surface area (Å²) >= 11 is 0. The maximum atomic E-state index is 9.72. The minimum absolute atomic E-state index is 0.105. The molecule has 0 fully saturated rings. The van der Waals surface area contributed by atoms with Crippen LogP contribution in [0.5, 0.6) is 0 Å². The highest BCUT2D eigenvalue weighted by Gasteiger charge is 2.08. The van der Waals surface area contributed by atoms with Gasteiger partial charge in [0.25, 0.3) is 0 Å². The molecule has 0 aliphatic rings. The van der Waals surface area contributed by atoms with E-state index in [2.05, 4.69) is 11.4 Å². The summed E-state index contributed by atoms with van der Waals surface area (Å²) in [5.41, 5.74) is 2.30. The third-order valence-electron chi connectivity index (χ3n) is 2.53. The molecule has 1 rings (SSSR count). The molecular weight excluding hydrogens is 228 g/mol. The molecule has 0 radical (unpaired) electrons. The van der Waals surface area contributed by atoms with Crippen LogP contribution in [0.4, 0.5) is 5.69 Å². The highest BCUT2D eigenvalue weighted by atomic mass is 16.5. The van der Waals surface area contributed by atoms with Crippen LogP contribution in [0.25, 0.3) is 0 Å². The van der Waals surface area contributed by atoms with Gasteiger partial charge in [-0.2, -0.15) is 5.26 Å². The zero-order chi connectivity index (χ0) is 13.5. The monoisotopic (exact) mass is 248 g/mol. The molecule has 0 amide bonds. The lowest BCUT2D eigenvalue weighted by molar-refractivity contribution is 0.0112. The van der Waals surface area contributed by atoms with E-state index in [1.807, 2.05) is 39.0 Å². The molecule has 1 atom stereocenters. The van der Waals surface area contributed by atoms with Crippen LogP contribution >= 0.6 is 0 Å². The van der Waals surface area contributed by atoms with Gasteiger partial charge >= 0.3 is 0 Å². The van der Waals surface area contributed by atoms with Crippen LogP contribution in [-0.2, 0) is 4.74 Å². The Morgan fingerprint density at radius 1 is 1.44 bits per heavy atom. The Balaban J connectivity index is 2.54. The standard InChI is InChI=1S/C14H20N2O2/c1-10(2)18-9-12(17)8-16-14-6-4-5-11(3)13(14)7-15/h4-6,10,12,16-17H,8-9H2,1-3H3. The number of hydrogen-bond acceptors (Lipinski definition) is 4. The van der Waals surface area contributed by atoms with Crippen molar-refractivity contribution in [1.82, 2.24) is 0 Å². The van der Waals surface area contributed by atoms with Gasteiger partial charge in [0, 0.05) is 6.54 Å². The van der Waals surface area contributed by atoms with Crippen LogP contribution in [0.15, 0.2) is 18.2 Å². The fourth-order valence-corrected chi connectivity index (χ4v) is 1.55. The lowest BCUT2D eigenvalue weighted by Gasteiger charge is -2.16. The van der Waals surface area contributed by atoms with E-state index in [4.69, 9.17) is 10.00 Å². The van der Waals surface area contributed by atoms with E-state index in [0.29, 0.717) is 18.7 Å². The molecule has 4 nitrogen and oxygen atoms in total. The van der Waals surface area contributed by atoms with Crippen LogP contribution in [-0.4, -0.2) is 30.5 Å². The topological polar surface area (TPSA) is 65.3 Å². The SMILES string of the molecule is Cc1cccc(NCC(O)COC(C)C)c1C#N. The molecule has 0 saturated carbocycles. The number of nitrogens with zero attached hydrogens (tertiary/aromatic N) is 1. The second-order valence-electron chi connectivity index (χ2n) is 4.53. The van der Waals surface area contributed by atoms with Gasteiger partial charge in [0.2, 0.25) is 0 Å². The van der Waals surface area contributed by atoms with Gasteiger partial charge < -0.3 is 15.2 Å². The quantitative estimate of drug-likeness (QED) is 0.808. The van der Waals surface area contributed by atoms with Crippen LogP contribution in [0, 0.1) is 18.3 Å². The Kier molecular flexibility index (Phi) is 5.63. The summed E-state index contributed by atoms with van der Waals surface area (Å²) in [4.78, 5) is 0. The fourth-order valence-electron chi connectivity index (χ4n) is 1.55. The first-order chi connectivity index (χ1) is 8.54. The van der Waals surface area contributed by atoms with Crippen molar-refractivity contribution in [1.29, 1.82) is 5.26 Å². The van der Waals surface area contributed by atoms with Crippen molar-refractivity contribution in [2.24, 2.45) is 0 Å². The molecule has 0 aromatic heterocycles. The Hall–Kier alpha value is -1.57. The molecule has 1 aromatic rings. The first kappa shape index (κ1) is 14.5. The smallest absolute Gasteiger partial charge is 0.102 e. The van der Waals surface area contributed by atoms with E-state index in [9.17, 15) is 5.11 Å². The minimum Gasteiger partial charge on any atom is -0.389 e. The van der Waals surface area contributed by atoms with Crippen molar-refractivity contribution in [3.8, 4) is 6.07 Å². The lowest BCUT2D eigenvalue weighted by atomic mass is 10.1. The van der Waals surface area contributed by atoms with Crippen molar-refractivity contribution in [2.75, 3.05) is 18.5 Å². The maximum absolute atomic E-state index is 9.72. The molecule has 0 spiro atoms. The van der Waals surface area contributed by atoms with E-state index in [1.54, 1.807) is 0 Å². The van der Waals surface area contributed by atoms with Crippen LogP contribution < -0.4 is 5.32 Å². The Labute approximate surface area is 108 Å². The number of aliphatic hydroxyl groups is 1. The Bertz CT molecular complexity index is 424. The summed E-state index contributed by atoms with van der Waals surface area (Å²) < 4.78 is 5.32. The van der Waals surface area contributed by atoms with Gasteiger partial charge in [0.1, 0.15) is 6.07 Å². The third kappa shape index (κ3) is 4.36. The lowest BCUT2D eigenvalue weighted by Crippen LogP contribution is -2.26. The van der Waals surface area contributed by atoms with Crippen molar-refractivity contribution in [3.63, 3.8) is 0 Å². The number of nitrogens with one attached hydrogen (secondary N) is 1. The number of aliphatic hydroxyl groups excluding tert-OH is 1. The molecule has 1 unspecified atom stereocenters. The van der Waals surface area contributed by atoms with Crippen LogP contribution in [0.3, 0.4) is 0 Å². The van der Waals surface area contributed by atoms with Crippen LogP contribution in [0.2, 0.25) is 0 Å². The number of rotatable bonds is 6. The first-order valence-corrected chi connectivity index (χ1v) is 6.07. The van der Waals surface area contributed by atoms with Crippen molar-refractivity contribution in [3.05, 3.63) is 29.3 Å². The zero-order valence-corrected chi connectivity index (χ0v) is 11.1. The maximum Gasteiger partial charge on any atom is 0.102 e. The average Bonchev–Trinajstić information content (AvgIpc) is 2.33. The van der Waals surface area contributed by atoms with Gasteiger partial charge in [0.15, 0.2) is 0 Å². The predicted molar refractivity (Wildman–Crippen MR) is 71.5 cm³/mol. The summed E-state index contributed by atoms with van der Waals surface area (Å²) in [5.74, 6) is 0. The van der Waals surface area contributed by atoms with E-state index in [-0.39, 0.29) is 6.10 Å². The van der Waals surface area contributed by atoms with Crippen molar-refractivity contribution in [2.45, 2.75) is 33.0 Å². The molecule has 0 heterocycles. The number of benzene rings is 1. The van der Waals surface area contributed by atoms with E-state index in [1.165, 1.54) is 0 Å². The van der Waals surface area contributed by atoms with Crippen LogP contribution in [0.1, 0.15) is 25.0 Å². The molecular formula is C14H20N2O2. The Morgan fingerprint density at radius 3 is 2.78 bits per heavy atom. The average molecular weight is 248 g/mol. The van der Waals surface area contributed by atoms with Gasteiger partial charge in [-0.05, 0) is 32.4 Å². The first-order valence-electron chi connectivity index (χ1n) is 6.07. The summed E-state index contributed by atoms with van der Waals surface area (Å²) in [6, 6.07) is 7.77. The number of anilines is 1. The molecule has 0 aliphatic heterocycles. The Morgan fingerprint density at radius 2 is 2.17 bits per heavy atom. The molecule has 4 heteroatoms. The molecule has 0 aliphatic carbocycles. The second kappa shape index (κ2) is 7.00. The number of hydrogen-bond donors (Lipinski definition) is 2. The van der Waals surface area contributed by atoms with E-state index < -0.39 is 6.10 Å². The summed E-state index contributed by atoms with van der Waals surface area (Å²) in [7, 11) is 0. The number of ether oxygens (including phenoxy) is 1. The van der Waals surface area contributed by atoms with E-state index in [0.717, 1.165) is 11.3 Å². The predicted octanol–water partition coefficient (Wildman–Crippen LogP) is 2.06. The molecule has 0 saturated heterocycles. The summed E-state index contributed by atoms with van der Waals surface area (Å²) in [5, 5.41) is 21.9.